The lowest BCUT2D eigenvalue weighted by Gasteiger charge is -2.21. The maximum Gasteiger partial charge on any atom is 0.220 e. The number of ether oxygens (including phenoxy) is 1. The Morgan fingerprint density at radius 3 is 2.65 bits per heavy atom. The van der Waals surface area contributed by atoms with Crippen LogP contribution < -0.4 is 15.4 Å². The number of carbonyl (C=O) groups is 1. The molecule has 0 spiro atoms. The summed E-state index contributed by atoms with van der Waals surface area (Å²) in [5, 5.41) is 17.0. The molecule has 6 rings (SSSR count). The van der Waals surface area contributed by atoms with Crippen molar-refractivity contribution in [3.05, 3.63) is 82.0 Å². The first kappa shape index (κ1) is 34.3. The van der Waals surface area contributed by atoms with Crippen molar-refractivity contribution in [2.45, 2.75) is 49.9 Å². The highest BCUT2D eigenvalue weighted by Gasteiger charge is 2.27. The highest BCUT2D eigenvalue weighted by molar-refractivity contribution is 7.91. The molecule has 0 aliphatic carbocycles. The summed E-state index contributed by atoms with van der Waals surface area (Å²) in [6.45, 7) is 4.01. The van der Waals surface area contributed by atoms with Crippen LogP contribution in [0.5, 0.6) is 5.88 Å². The van der Waals surface area contributed by atoms with Crippen LogP contribution in [-0.4, -0.2) is 78.9 Å². The molecule has 0 saturated carbocycles. The number of hydrogen-bond donors (Lipinski definition) is 3. The number of aliphatic hydroxyl groups is 1. The van der Waals surface area contributed by atoms with E-state index in [1.165, 1.54) is 0 Å². The zero-order valence-corrected chi connectivity index (χ0v) is 29.0. The van der Waals surface area contributed by atoms with Gasteiger partial charge in [0.25, 0.3) is 0 Å². The van der Waals surface area contributed by atoms with Crippen molar-refractivity contribution < 1.29 is 23.1 Å². The number of nitrogens with one attached hydrogen (secondary N) is 2. The zero-order valence-electron chi connectivity index (χ0n) is 26.7. The molecule has 10 nitrogen and oxygen atoms in total. The second-order valence-electron chi connectivity index (χ2n) is 12.2. The smallest absolute Gasteiger partial charge is 0.220 e. The van der Waals surface area contributed by atoms with Crippen molar-refractivity contribution in [3.63, 3.8) is 0 Å². The van der Waals surface area contributed by atoms with Gasteiger partial charge in [-0.15, -0.1) is 0 Å². The summed E-state index contributed by atoms with van der Waals surface area (Å²) in [6, 6.07) is 16.6. The second-order valence-corrected chi connectivity index (χ2v) is 15.0. The topological polar surface area (TPSA) is 134 Å². The van der Waals surface area contributed by atoms with Gasteiger partial charge in [-0.2, -0.15) is 0 Å². The van der Waals surface area contributed by atoms with E-state index in [1.54, 1.807) is 38.4 Å². The van der Waals surface area contributed by atoms with Crippen molar-refractivity contribution in [1.82, 2.24) is 25.5 Å². The standard InChI is InChI=1S/C35H37Cl2N5O5S/c1-21(43)19-42-14-15-48(45,46)30-16-22(6-7-24(30)20-42)34-33(37)27(12-13-39-34)26-4-3-5-28(32(26)36)29-10-8-23(35(41-29)47-2)17-38-18-25-9-11-31(44)40-25/h3-8,10,12-13,16,21,25,38,43H,9,11,14-15,17-20H2,1-2H3,(H,40,44)/t21-,25+/m1/s1. The van der Waals surface area contributed by atoms with Gasteiger partial charge in [0.05, 0.1) is 45.3 Å². The van der Waals surface area contributed by atoms with E-state index in [-0.39, 0.29) is 22.6 Å². The molecular formula is C35H37Cl2N5O5S. The maximum atomic E-state index is 13.3. The van der Waals surface area contributed by atoms with E-state index >= 15 is 0 Å². The van der Waals surface area contributed by atoms with E-state index < -0.39 is 15.9 Å². The largest absolute Gasteiger partial charge is 0.481 e. The van der Waals surface area contributed by atoms with Gasteiger partial charge >= 0.3 is 0 Å². The molecule has 4 aromatic rings. The second kappa shape index (κ2) is 14.5. The summed E-state index contributed by atoms with van der Waals surface area (Å²) in [4.78, 5) is 23.0. The Morgan fingerprint density at radius 2 is 1.90 bits per heavy atom. The molecule has 0 bridgehead atoms. The van der Waals surface area contributed by atoms with Crippen LogP contribution in [0.2, 0.25) is 10.0 Å². The Morgan fingerprint density at radius 1 is 1.10 bits per heavy atom. The Kier molecular flexibility index (Phi) is 10.4. The van der Waals surface area contributed by atoms with Gasteiger partial charge in [-0.05, 0) is 37.1 Å². The lowest BCUT2D eigenvalue weighted by Crippen LogP contribution is -2.35. The number of rotatable bonds is 10. The number of carbonyl (C=O) groups excluding carboxylic acids is 1. The quantitative estimate of drug-likeness (QED) is 0.205. The van der Waals surface area contributed by atoms with Crippen LogP contribution in [0.1, 0.15) is 30.9 Å². The van der Waals surface area contributed by atoms with E-state index in [0.717, 1.165) is 12.0 Å². The lowest BCUT2D eigenvalue weighted by atomic mass is 9.99. The monoisotopic (exact) mass is 709 g/mol. The number of methoxy groups -OCH3 is 1. The average molecular weight is 711 g/mol. The minimum atomic E-state index is -3.57. The first-order chi connectivity index (χ1) is 23.0. The third-order valence-corrected chi connectivity index (χ3v) is 11.2. The normalized spacial score (nSPS) is 18.2. The molecule has 0 unspecified atom stereocenters. The molecule has 48 heavy (non-hydrogen) atoms. The minimum Gasteiger partial charge on any atom is -0.481 e. The number of nitrogens with zero attached hydrogens (tertiary/aromatic N) is 3. The highest BCUT2D eigenvalue weighted by atomic mass is 35.5. The van der Waals surface area contributed by atoms with Gasteiger partial charge in [0, 0.05) is 79.2 Å². The van der Waals surface area contributed by atoms with Crippen LogP contribution in [0.4, 0.5) is 0 Å². The number of fused-ring (bicyclic) bond motifs is 1. The molecule has 252 valence electrons. The number of benzene rings is 2. The average Bonchev–Trinajstić information content (AvgIpc) is 3.43. The summed E-state index contributed by atoms with van der Waals surface area (Å²) < 4.78 is 32.2. The summed E-state index contributed by atoms with van der Waals surface area (Å²) in [6.07, 6.45) is 2.44. The number of pyridine rings is 2. The van der Waals surface area contributed by atoms with Crippen molar-refractivity contribution >= 4 is 38.9 Å². The highest BCUT2D eigenvalue weighted by Crippen LogP contribution is 2.42. The van der Waals surface area contributed by atoms with E-state index in [9.17, 15) is 18.3 Å². The van der Waals surface area contributed by atoms with Crippen LogP contribution in [0.3, 0.4) is 0 Å². The Labute approximate surface area is 290 Å². The summed E-state index contributed by atoms with van der Waals surface area (Å²) in [5.74, 6) is 0.504. The summed E-state index contributed by atoms with van der Waals surface area (Å²) in [5.41, 5.74) is 5.18. The fourth-order valence-electron chi connectivity index (χ4n) is 6.26. The molecular weight excluding hydrogens is 673 g/mol. The number of aromatic nitrogens is 2. The molecule has 1 amide bonds. The minimum absolute atomic E-state index is 0.0454. The van der Waals surface area contributed by atoms with E-state index in [1.807, 2.05) is 41.3 Å². The van der Waals surface area contributed by atoms with Crippen molar-refractivity contribution in [1.29, 1.82) is 0 Å². The lowest BCUT2D eigenvalue weighted by molar-refractivity contribution is -0.119. The molecule has 2 aromatic carbocycles. The zero-order chi connectivity index (χ0) is 34.0. The van der Waals surface area contributed by atoms with E-state index in [0.29, 0.717) is 94.3 Å². The van der Waals surface area contributed by atoms with Crippen LogP contribution >= 0.6 is 23.2 Å². The predicted octanol–water partition coefficient (Wildman–Crippen LogP) is 5.13. The number of sulfone groups is 1. The summed E-state index contributed by atoms with van der Waals surface area (Å²) >= 11 is 14.1. The van der Waals surface area contributed by atoms with Crippen LogP contribution in [0.25, 0.3) is 33.6 Å². The molecule has 1 saturated heterocycles. The molecule has 2 aliphatic heterocycles. The van der Waals surface area contributed by atoms with Crippen LogP contribution in [-0.2, 0) is 27.7 Å². The first-order valence-corrected chi connectivity index (χ1v) is 18.2. The summed E-state index contributed by atoms with van der Waals surface area (Å²) in [7, 11) is -2.00. The molecule has 4 heterocycles. The Bertz CT molecular complexity index is 1960. The molecule has 2 aliphatic rings. The van der Waals surface area contributed by atoms with Gasteiger partial charge in [-0.25, -0.2) is 13.4 Å². The number of amides is 1. The van der Waals surface area contributed by atoms with Gasteiger partial charge in [-0.3, -0.25) is 14.7 Å². The Hall–Kier alpha value is -3.58. The van der Waals surface area contributed by atoms with Gasteiger partial charge in [-0.1, -0.05) is 59.6 Å². The SMILES string of the molecule is COc1nc(-c2cccc(-c3ccnc(-c4ccc5c(c4)S(=O)(=O)CCN(C[C@@H](C)O)C5)c3Cl)c2Cl)ccc1CNC[C@@H]1CCC(=O)N1. The molecule has 2 aromatic heterocycles. The maximum absolute atomic E-state index is 13.3. The van der Waals surface area contributed by atoms with Crippen molar-refractivity contribution in [2.75, 3.05) is 32.5 Å². The number of hydrogen-bond acceptors (Lipinski definition) is 9. The number of aliphatic hydroxyl groups excluding tert-OH is 1. The van der Waals surface area contributed by atoms with E-state index in [4.69, 9.17) is 32.9 Å². The van der Waals surface area contributed by atoms with Gasteiger partial charge < -0.3 is 20.5 Å². The fraction of sp³-hybridized carbons (Fsp3) is 0.343. The molecule has 13 heteroatoms. The van der Waals surface area contributed by atoms with Crippen LogP contribution in [0.15, 0.2) is 65.7 Å². The molecule has 3 N–H and O–H groups in total. The first-order valence-electron chi connectivity index (χ1n) is 15.8. The molecule has 2 atom stereocenters. The van der Waals surface area contributed by atoms with Crippen molar-refractivity contribution in [3.8, 4) is 39.5 Å². The Balaban J connectivity index is 1.28. The third kappa shape index (κ3) is 7.36. The van der Waals surface area contributed by atoms with Gasteiger partial charge in [0.2, 0.25) is 11.8 Å². The molecule has 1 fully saturated rings. The van der Waals surface area contributed by atoms with Gasteiger partial charge in [0.15, 0.2) is 9.84 Å². The van der Waals surface area contributed by atoms with E-state index in [2.05, 4.69) is 15.6 Å². The number of β-amino-alcohol motifs (C(OH)–C–C–N with tert-alkyl or cyclic N) is 1. The van der Waals surface area contributed by atoms with Crippen LogP contribution in [0, 0.1) is 0 Å². The third-order valence-electron chi connectivity index (χ3n) is 8.65. The predicted molar refractivity (Wildman–Crippen MR) is 187 cm³/mol. The fourth-order valence-corrected chi connectivity index (χ4v) is 8.47. The number of halogens is 2. The van der Waals surface area contributed by atoms with Gasteiger partial charge in [0.1, 0.15) is 0 Å². The molecule has 0 radical (unpaired) electrons. The van der Waals surface area contributed by atoms with Crippen molar-refractivity contribution in [2.24, 2.45) is 0 Å².